The summed E-state index contributed by atoms with van der Waals surface area (Å²) in [4.78, 5) is 11.3. The summed E-state index contributed by atoms with van der Waals surface area (Å²) < 4.78 is 0.961. The summed E-state index contributed by atoms with van der Waals surface area (Å²) in [5, 5.41) is 9.28. The Balaban J connectivity index is 2.62. The summed E-state index contributed by atoms with van der Waals surface area (Å²) in [7, 11) is 0. The van der Waals surface area contributed by atoms with E-state index in [0.29, 0.717) is 0 Å². The van der Waals surface area contributed by atoms with Crippen molar-refractivity contribution in [3.63, 3.8) is 0 Å². The maximum absolute atomic E-state index is 11.3. The Kier molecular flexibility index (Phi) is 2.38. The minimum atomic E-state index is -0.697. The van der Waals surface area contributed by atoms with Crippen LogP contribution in [0.3, 0.4) is 0 Å². The van der Waals surface area contributed by atoms with Crippen LogP contribution in [-0.2, 0) is 10.2 Å². The summed E-state index contributed by atoms with van der Waals surface area (Å²) >= 11 is 3.51. The number of hydrogen-bond acceptors (Lipinski definition) is 1. The van der Waals surface area contributed by atoms with Gasteiger partial charge < -0.3 is 5.11 Å². The lowest BCUT2D eigenvalue weighted by atomic mass is 9.90. The van der Waals surface area contributed by atoms with E-state index in [1.807, 2.05) is 26.0 Å². The van der Waals surface area contributed by atoms with E-state index < -0.39 is 11.4 Å². The van der Waals surface area contributed by atoms with Crippen molar-refractivity contribution in [3.8, 4) is 0 Å². The SMILES string of the molecule is Cc1ccc(C)c(C2(C(=O)O)CC2)c1Br. The first-order valence-corrected chi connectivity index (χ1v) is 5.78. The second kappa shape index (κ2) is 3.34. The third-order valence-electron chi connectivity index (χ3n) is 3.18. The molecule has 0 atom stereocenters. The molecule has 1 N–H and O–H groups in total. The van der Waals surface area contributed by atoms with Gasteiger partial charge in [0, 0.05) is 4.47 Å². The third-order valence-corrected chi connectivity index (χ3v) is 4.20. The standard InChI is InChI=1S/C12H13BrO2/c1-7-3-4-8(2)10(13)9(7)12(5-6-12)11(14)15/h3-4H,5-6H2,1-2H3,(H,14,15). The Hall–Kier alpha value is -0.830. The fourth-order valence-corrected chi connectivity index (χ4v) is 2.88. The van der Waals surface area contributed by atoms with E-state index in [0.717, 1.165) is 34.0 Å². The highest BCUT2D eigenvalue weighted by molar-refractivity contribution is 9.10. The van der Waals surface area contributed by atoms with Gasteiger partial charge in [-0.2, -0.15) is 0 Å². The highest BCUT2D eigenvalue weighted by atomic mass is 79.9. The molecule has 1 fully saturated rings. The van der Waals surface area contributed by atoms with Gasteiger partial charge in [0.2, 0.25) is 0 Å². The smallest absolute Gasteiger partial charge is 0.314 e. The molecule has 1 saturated carbocycles. The van der Waals surface area contributed by atoms with Crippen molar-refractivity contribution in [1.82, 2.24) is 0 Å². The molecule has 1 aliphatic carbocycles. The van der Waals surface area contributed by atoms with Crippen LogP contribution in [0.5, 0.6) is 0 Å². The molecule has 0 radical (unpaired) electrons. The highest BCUT2D eigenvalue weighted by Gasteiger charge is 2.53. The fourth-order valence-electron chi connectivity index (χ4n) is 2.06. The van der Waals surface area contributed by atoms with Crippen molar-refractivity contribution in [3.05, 3.63) is 33.3 Å². The van der Waals surface area contributed by atoms with Gasteiger partial charge in [-0.15, -0.1) is 0 Å². The fraction of sp³-hybridized carbons (Fsp3) is 0.417. The van der Waals surface area contributed by atoms with Crippen LogP contribution in [0.1, 0.15) is 29.5 Å². The molecule has 0 heterocycles. The van der Waals surface area contributed by atoms with E-state index in [1.54, 1.807) is 0 Å². The van der Waals surface area contributed by atoms with Crippen molar-refractivity contribution in [2.45, 2.75) is 32.1 Å². The Morgan fingerprint density at radius 3 is 2.33 bits per heavy atom. The van der Waals surface area contributed by atoms with Gasteiger partial charge in [-0.1, -0.05) is 28.1 Å². The van der Waals surface area contributed by atoms with Crippen LogP contribution in [0.25, 0.3) is 0 Å². The molecule has 1 aromatic carbocycles. The van der Waals surface area contributed by atoms with Gasteiger partial charge in [-0.25, -0.2) is 0 Å². The van der Waals surface area contributed by atoms with E-state index >= 15 is 0 Å². The van der Waals surface area contributed by atoms with Crippen molar-refractivity contribution < 1.29 is 9.90 Å². The van der Waals surface area contributed by atoms with Crippen molar-refractivity contribution in [1.29, 1.82) is 0 Å². The maximum Gasteiger partial charge on any atom is 0.314 e. The van der Waals surface area contributed by atoms with E-state index in [1.165, 1.54) is 0 Å². The molecule has 1 aliphatic rings. The summed E-state index contributed by atoms with van der Waals surface area (Å²) in [6.45, 7) is 3.97. The molecule has 0 spiro atoms. The normalized spacial score (nSPS) is 17.5. The Bertz CT molecular complexity index is 433. The van der Waals surface area contributed by atoms with Gasteiger partial charge >= 0.3 is 5.97 Å². The molecule has 80 valence electrons. The Labute approximate surface area is 97.4 Å². The summed E-state index contributed by atoms with van der Waals surface area (Å²) in [6.07, 6.45) is 1.51. The number of aryl methyl sites for hydroxylation is 2. The molecule has 2 nitrogen and oxygen atoms in total. The number of rotatable bonds is 2. The summed E-state index contributed by atoms with van der Waals surface area (Å²) in [6, 6.07) is 4.01. The molecule has 0 aromatic heterocycles. The monoisotopic (exact) mass is 268 g/mol. The van der Waals surface area contributed by atoms with Crippen molar-refractivity contribution >= 4 is 21.9 Å². The first-order chi connectivity index (χ1) is 6.99. The molecule has 0 unspecified atom stereocenters. The number of hydrogen-bond donors (Lipinski definition) is 1. The molecule has 0 amide bonds. The van der Waals surface area contributed by atoms with Gasteiger partial charge in [0.15, 0.2) is 0 Å². The van der Waals surface area contributed by atoms with Crippen LogP contribution in [0, 0.1) is 13.8 Å². The van der Waals surface area contributed by atoms with Crippen molar-refractivity contribution in [2.75, 3.05) is 0 Å². The van der Waals surface area contributed by atoms with Crippen LogP contribution in [0.2, 0.25) is 0 Å². The van der Waals surface area contributed by atoms with Crippen LogP contribution < -0.4 is 0 Å². The minimum absolute atomic E-state index is 0.616. The lowest BCUT2D eigenvalue weighted by molar-refractivity contribution is -0.140. The van der Waals surface area contributed by atoms with E-state index in [4.69, 9.17) is 0 Å². The van der Waals surface area contributed by atoms with Crippen LogP contribution >= 0.6 is 15.9 Å². The van der Waals surface area contributed by atoms with Crippen LogP contribution in [0.4, 0.5) is 0 Å². The molecule has 3 heteroatoms. The lowest BCUT2D eigenvalue weighted by Gasteiger charge is -2.17. The summed E-state index contributed by atoms with van der Waals surface area (Å²) in [5.41, 5.74) is 2.51. The quantitative estimate of drug-likeness (QED) is 0.895. The molecule has 1 aromatic rings. The number of carbonyl (C=O) groups is 1. The lowest BCUT2D eigenvalue weighted by Crippen LogP contribution is -2.21. The molecule has 15 heavy (non-hydrogen) atoms. The third kappa shape index (κ3) is 1.49. The maximum atomic E-state index is 11.3. The minimum Gasteiger partial charge on any atom is -0.481 e. The predicted molar refractivity (Wildman–Crippen MR) is 62.2 cm³/mol. The van der Waals surface area contributed by atoms with Gasteiger partial charge in [0.05, 0.1) is 5.41 Å². The zero-order valence-electron chi connectivity index (χ0n) is 8.80. The summed E-state index contributed by atoms with van der Waals surface area (Å²) in [5.74, 6) is -0.697. The van der Waals surface area contributed by atoms with E-state index in [9.17, 15) is 9.90 Å². The van der Waals surface area contributed by atoms with Gasteiger partial charge in [-0.3, -0.25) is 4.79 Å². The molecule has 0 bridgehead atoms. The Morgan fingerprint density at radius 2 is 1.87 bits per heavy atom. The number of carboxylic acid groups (broad SMARTS) is 1. The second-order valence-corrected chi connectivity index (χ2v) is 5.07. The van der Waals surface area contributed by atoms with Crippen molar-refractivity contribution in [2.24, 2.45) is 0 Å². The van der Waals surface area contributed by atoms with Gasteiger partial charge in [0.1, 0.15) is 0 Å². The largest absolute Gasteiger partial charge is 0.481 e. The van der Waals surface area contributed by atoms with Crippen LogP contribution in [-0.4, -0.2) is 11.1 Å². The number of benzene rings is 1. The number of carboxylic acids is 1. The van der Waals surface area contributed by atoms with E-state index in [-0.39, 0.29) is 0 Å². The average molecular weight is 269 g/mol. The zero-order chi connectivity index (χ0) is 11.2. The molecule has 0 saturated heterocycles. The van der Waals surface area contributed by atoms with Gasteiger partial charge in [-0.05, 0) is 43.4 Å². The molecule has 2 rings (SSSR count). The number of halogens is 1. The second-order valence-electron chi connectivity index (χ2n) is 4.28. The van der Waals surface area contributed by atoms with Crippen LogP contribution in [0.15, 0.2) is 16.6 Å². The first kappa shape index (κ1) is 10.7. The predicted octanol–water partition coefficient (Wildman–Crippen LogP) is 3.18. The van der Waals surface area contributed by atoms with Gasteiger partial charge in [0.25, 0.3) is 0 Å². The number of aliphatic carboxylic acids is 1. The topological polar surface area (TPSA) is 37.3 Å². The zero-order valence-corrected chi connectivity index (χ0v) is 10.4. The molecular weight excluding hydrogens is 256 g/mol. The molecule has 0 aliphatic heterocycles. The van der Waals surface area contributed by atoms with E-state index in [2.05, 4.69) is 15.9 Å². The highest BCUT2D eigenvalue weighted by Crippen LogP contribution is 2.52. The molecular formula is C12H13BrO2. The Morgan fingerprint density at radius 1 is 1.33 bits per heavy atom. The average Bonchev–Trinajstić information content (AvgIpc) is 2.93. The first-order valence-electron chi connectivity index (χ1n) is 4.98.